The molecule has 1 unspecified atom stereocenters. The van der Waals surface area contributed by atoms with Crippen molar-refractivity contribution in [1.29, 1.82) is 0 Å². The van der Waals surface area contributed by atoms with Crippen LogP contribution >= 0.6 is 0 Å². The van der Waals surface area contributed by atoms with E-state index in [1.165, 1.54) is 0 Å². The van der Waals surface area contributed by atoms with E-state index in [1.54, 1.807) is 0 Å². The Balaban J connectivity index is 3.40. The van der Waals surface area contributed by atoms with E-state index in [-0.39, 0.29) is 11.5 Å². The summed E-state index contributed by atoms with van der Waals surface area (Å²) in [6.45, 7) is 10.1. The van der Waals surface area contributed by atoms with E-state index in [0.717, 1.165) is 19.4 Å². The van der Waals surface area contributed by atoms with Gasteiger partial charge in [0.2, 0.25) is 0 Å². The largest absolute Gasteiger partial charge is 0.392 e. The summed E-state index contributed by atoms with van der Waals surface area (Å²) in [4.78, 5) is 0. The van der Waals surface area contributed by atoms with Crippen LogP contribution in [0.1, 0.15) is 40.5 Å². The highest BCUT2D eigenvalue weighted by molar-refractivity contribution is 4.78. The van der Waals surface area contributed by atoms with Crippen LogP contribution in [0, 0.1) is 5.41 Å². The first kappa shape index (κ1) is 13.7. The fourth-order valence-electron chi connectivity index (χ4n) is 1.40. The summed E-state index contributed by atoms with van der Waals surface area (Å²) < 4.78 is 0. The van der Waals surface area contributed by atoms with Crippen LogP contribution in [0.2, 0.25) is 0 Å². The lowest BCUT2D eigenvalue weighted by Crippen LogP contribution is -2.30. The molecule has 0 radical (unpaired) electrons. The van der Waals surface area contributed by atoms with Crippen LogP contribution < -0.4 is 5.32 Å². The van der Waals surface area contributed by atoms with Crippen LogP contribution in [0.5, 0.6) is 0 Å². The van der Waals surface area contributed by atoms with Crippen molar-refractivity contribution >= 4 is 0 Å². The molecule has 0 heterocycles. The van der Waals surface area contributed by atoms with Gasteiger partial charge in [0.15, 0.2) is 0 Å². The summed E-state index contributed by atoms with van der Waals surface area (Å²) in [6, 6.07) is 0. The molecule has 0 aromatic rings. The number of hydrogen-bond acceptors (Lipinski definition) is 2. The molecule has 0 saturated carbocycles. The minimum absolute atomic E-state index is 0.213. The minimum atomic E-state index is -0.222. The lowest BCUT2D eigenvalue weighted by molar-refractivity contribution is 0.120. The van der Waals surface area contributed by atoms with Crippen LogP contribution in [-0.4, -0.2) is 24.3 Å². The normalized spacial score (nSPS) is 14.9. The van der Waals surface area contributed by atoms with Gasteiger partial charge in [-0.1, -0.05) is 32.9 Å². The molecular formula is C12H25NO. The number of rotatable bonds is 6. The van der Waals surface area contributed by atoms with Crippen molar-refractivity contribution in [2.45, 2.75) is 46.6 Å². The lowest BCUT2D eigenvalue weighted by Gasteiger charge is -2.22. The van der Waals surface area contributed by atoms with E-state index in [4.69, 9.17) is 0 Å². The summed E-state index contributed by atoms with van der Waals surface area (Å²) in [5.41, 5.74) is 0.213. The Morgan fingerprint density at radius 2 is 2.00 bits per heavy atom. The van der Waals surface area contributed by atoms with Crippen molar-refractivity contribution in [3.05, 3.63) is 12.2 Å². The Labute approximate surface area is 88.4 Å². The highest BCUT2D eigenvalue weighted by atomic mass is 16.3. The Hall–Kier alpha value is -0.340. The van der Waals surface area contributed by atoms with Gasteiger partial charge in [-0.2, -0.15) is 0 Å². The maximum atomic E-state index is 9.66. The van der Waals surface area contributed by atoms with Gasteiger partial charge in [0.1, 0.15) is 0 Å². The molecule has 0 aliphatic heterocycles. The molecule has 2 heteroatoms. The number of aliphatic hydroxyl groups excluding tert-OH is 1. The Morgan fingerprint density at radius 3 is 2.50 bits per heavy atom. The van der Waals surface area contributed by atoms with E-state index >= 15 is 0 Å². The van der Waals surface area contributed by atoms with Gasteiger partial charge in [-0.05, 0) is 31.7 Å². The lowest BCUT2D eigenvalue weighted by atomic mass is 9.89. The Morgan fingerprint density at radius 1 is 1.36 bits per heavy atom. The number of aliphatic hydroxyl groups is 1. The predicted molar refractivity (Wildman–Crippen MR) is 62.4 cm³/mol. The number of allylic oxidation sites excluding steroid dienone is 1. The first-order chi connectivity index (χ1) is 6.45. The van der Waals surface area contributed by atoms with E-state index in [2.05, 4.69) is 32.2 Å². The van der Waals surface area contributed by atoms with Crippen molar-refractivity contribution in [2.24, 2.45) is 5.41 Å². The van der Waals surface area contributed by atoms with Gasteiger partial charge in [0.05, 0.1) is 6.10 Å². The van der Waals surface area contributed by atoms with Gasteiger partial charge in [0.25, 0.3) is 0 Å². The van der Waals surface area contributed by atoms with Crippen LogP contribution in [0.25, 0.3) is 0 Å². The van der Waals surface area contributed by atoms with Crippen LogP contribution in [-0.2, 0) is 0 Å². The van der Waals surface area contributed by atoms with Gasteiger partial charge < -0.3 is 10.4 Å². The predicted octanol–water partition coefficient (Wildman–Crippen LogP) is 2.34. The van der Waals surface area contributed by atoms with Gasteiger partial charge in [-0.25, -0.2) is 0 Å². The van der Waals surface area contributed by atoms with Gasteiger partial charge >= 0.3 is 0 Å². The van der Waals surface area contributed by atoms with Crippen LogP contribution in [0.15, 0.2) is 12.2 Å². The molecule has 14 heavy (non-hydrogen) atoms. The quantitative estimate of drug-likeness (QED) is 0.508. The highest BCUT2D eigenvalue weighted by Crippen LogP contribution is 2.20. The summed E-state index contributed by atoms with van der Waals surface area (Å²) >= 11 is 0. The van der Waals surface area contributed by atoms with Gasteiger partial charge in [-0.15, -0.1) is 0 Å². The summed E-state index contributed by atoms with van der Waals surface area (Å²) in [5.74, 6) is 0. The third-order valence-corrected chi connectivity index (χ3v) is 1.95. The van der Waals surface area contributed by atoms with E-state index in [0.29, 0.717) is 6.54 Å². The van der Waals surface area contributed by atoms with Crippen molar-refractivity contribution < 1.29 is 5.11 Å². The van der Waals surface area contributed by atoms with E-state index in [9.17, 15) is 5.11 Å². The van der Waals surface area contributed by atoms with Crippen molar-refractivity contribution in [1.82, 2.24) is 5.32 Å². The van der Waals surface area contributed by atoms with Crippen LogP contribution in [0.3, 0.4) is 0 Å². The molecule has 0 bridgehead atoms. The maximum Gasteiger partial charge on any atom is 0.0669 e. The first-order valence-electron chi connectivity index (χ1n) is 5.45. The first-order valence-corrected chi connectivity index (χ1v) is 5.45. The summed E-state index contributed by atoms with van der Waals surface area (Å²) in [7, 11) is 0. The molecule has 0 aliphatic rings. The monoisotopic (exact) mass is 199 g/mol. The fraction of sp³-hybridized carbons (Fsp3) is 0.833. The van der Waals surface area contributed by atoms with Crippen molar-refractivity contribution in [3.63, 3.8) is 0 Å². The minimum Gasteiger partial charge on any atom is -0.392 e. The average molecular weight is 199 g/mol. The number of nitrogens with one attached hydrogen (secondary N) is 1. The van der Waals surface area contributed by atoms with E-state index < -0.39 is 0 Å². The summed E-state index contributed by atoms with van der Waals surface area (Å²) in [6.07, 6.45) is 5.85. The molecule has 2 N–H and O–H groups in total. The maximum absolute atomic E-state index is 9.66. The highest BCUT2D eigenvalue weighted by Gasteiger charge is 2.15. The SMILES string of the molecule is C/C=C/CCNCC(O)CC(C)(C)C. The third kappa shape index (κ3) is 9.75. The van der Waals surface area contributed by atoms with Gasteiger partial charge in [-0.3, -0.25) is 0 Å². The van der Waals surface area contributed by atoms with Crippen molar-refractivity contribution in [2.75, 3.05) is 13.1 Å². The molecule has 0 aromatic heterocycles. The third-order valence-electron chi connectivity index (χ3n) is 1.95. The second-order valence-electron chi connectivity index (χ2n) is 4.98. The Kier molecular flexibility index (Phi) is 6.85. The molecule has 0 fully saturated rings. The molecule has 0 rings (SSSR count). The van der Waals surface area contributed by atoms with Crippen molar-refractivity contribution in [3.8, 4) is 0 Å². The summed E-state index contributed by atoms with van der Waals surface area (Å²) in [5, 5.41) is 12.9. The number of hydrogen-bond donors (Lipinski definition) is 2. The second-order valence-corrected chi connectivity index (χ2v) is 4.98. The standard InChI is InChI=1S/C12H25NO/c1-5-6-7-8-13-10-11(14)9-12(2,3)4/h5-6,11,13-14H,7-10H2,1-4H3/b6-5+. The molecular weight excluding hydrogens is 174 g/mol. The molecule has 2 nitrogen and oxygen atoms in total. The second kappa shape index (κ2) is 7.02. The average Bonchev–Trinajstić information content (AvgIpc) is 2.00. The zero-order valence-electron chi connectivity index (χ0n) is 10.0. The topological polar surface area (TPSA) is 32.3 Å². The molecule has 84 valence electrons. The molecule has 0 aromatic carbocycles. The fourth-order valence-corrected chi connectivity index (χ4v) is 1.40. The zero-order chi connectivity index (χ0) is 11.0. The zero-order valence-corrected chi connectivity index (χ0v) is 10.0. The van der Waals surface area contributed by atoms with Gasteiger partial charge in [0, 0.05) is 6.54 Å². The molecule has 1 atom stereocenters. The van der Waals surface area contributed by atoms with E-state index in [1.807, 2.05) is 13.0 Å². The molecule has 0 aliphatic carbocycles. The Bertz CT molecular complexity index is 158. The molecule has 0 spiro atoms. The van der Waals surface area contributed by atoms with Crippen LogP contribution in [0.4, 0.5) is 0 Å². The molecule has 0 saturated heterocycles. The smallest absolute Gasteiger partial charge is 0.0669 e. The molecule has 0 amide bonds.